The molecule has 1 rings (SSSR count). The second kappa shape index (κ2) is 5.49. The highest BCUT2D eigenvalue weighted by Crippen LogP contribution is 2.14. The number of carbonyl (C=O) groups excluding carboxylic acids is 1. The third-order valence-electron chi connectivity index (χ3n) is 2.22. The van der Waals surface area contributed by atoms with Gasteiger partial charge in [-0.15, -0.1) is 0 Å². The first-order valence-electron chi connectivity index (χ1n) is 5.30. The third-order valence-corrected chi connectivity index (χ3v) is 2.22. The van der Waals surface area contributed by atoms with Crippen molar-refractivity contribution < 1.29 is 9.53 Å². The maximum absolute atomic E-state index is 11.3. The van der Waals surface area contributed by atoms with Crippen molar-refractivity contribution in [2.24, 2.45) is 5.92 Å². The van der Waals surface area contributed by atoms with Gasteiger partial charge in [-0.2, -0.15) is 0 Å². The normalized spacial score (nSPS) is 10.3. The average molecular weight is 222 g/mol. The first-order valence-corrected chi connectivity index (χ1v) is 5.30. The lowest BCUT2D eigenvalue weighted by molar-refractivity contribution is 0.0594. The first-order chi connectivity index (χ1) is 7.54. The van der Waals surface area contributed by atoms with Crippen molar-refractivity contribution >= 4 is 11.7 Å². The standard InChI is InChI=1S/C12H18N2O2/c1-9(2)8-14(3)10-5-6-13-11(7-10)12(15)16-4/h5-7,9H,8H2,1-4H3. The van der Waals surface area contributed by atoms with Crippen LogP contribution in [0, 0.1) is 5.92 Å². The summed E-state index contributed by atoms with van der Waals surface area (Å²) < 4.78 is 4.63. The summed E-state index contributed by atoms with van der Waals surface area (Å²) in [5, 5.41) is 0. The molecule has 1 heterocycles. The fourth-order valence-corrected chi connectivity index (χ4v) is 1.53. The molecular weight excluding hydrogens is 204 g/mol. The molecule has 0 aliphatic rings. The maximum Gasteiger partial charge on any atom is 0.356 e. The first kappa shape index (κ1) is 12.5. The van der Waals surface area contributed by atoms with Crippen LogP contribution in [0.1, 0.15) is 24.3 Å². The molecule has 4 heteroatoms. The number of methoxy groups -OCH3 is 1. The predicted octanol–water partition coefficient (Wildman–Crippen LogP) is 1.96. The molecule has 0 atom stereocenters. The van der Waals surface area contributed by atoms with Crippen molar-refractivity contribution in [1.29, 1.82) is 0 Å². The van der Waals surface area contributed by atoms with Crippen LogP contribution in [0.5, 0.6) is 0 Å². The Morgan fingerprint density at radius 3 is 2.81 bits per heavy atom. The number of aromatic nitrogens is 1. The number of nitrogens with zero attached hydrogens (tertiary/aromatic N) is 2. The lowest BCUT2D eigenvalue weighted by atomic mass is 10.2. The molecule has 0 amide bonds. The fourth-order valence-electron chi connectivity index (χ4n) is 1.53. The topological polar surface area (TPSA) is 42.4 Å². The zero-order chi connectivity index (χ0) is 12.1. The predicted molar refractivity (Wildman–Crippen MR) is 63.7 cm³/mol. The fraction of sp³-hybridized carbons (Fsp3) is 0.500. The summed E-state index contributed by atoms with van der Waals surface area (Å²) in [5.41, 5.74) is 1.32. The molecular formula is C12H18N2O2. The van der Waals surface area contributed by atoms with Gasteiger partial charge in [0.15, 0.2) is 0 Å². The summed E-state index contributed by atoms with van der Waals surface area (Å²) in [7, 11) is 3.35. The summed E-state index contributed by atoms with van der Waals surface area (Å²) in [4.78, 5) is 17.4. The second-order valence-corrected chi connectivity index (χ2v) is 4.17. The van der Waals surface area contributed by atoms with E-state index in [1.807, 2.05) is 13.1 Å². The van der Waals surface area contributed by atoms with Crippen molar-refractivity contribution in [2.75, 3.05) is 25.6 Å². The van der Waals surface area contributed by atoms with E-state index in [9.17, 15) is 4.79 Å². The Bertz CT molecular complexity index is 364. The number of pyridine rings is 1. The van der Waals surface area contributed by atoms with E-state index < -0.39 is 5.97 Å². The van der Waals surface area contributed by atoms with Gasteiger partial charge in [0.1, 0.15) is 5.69 Å². The van der Waals surface area contributed by atoms with E-state index in [0.717, 1.165) is 12.2 Å². The van der Waals surface area contributed by atoms with Gasteiger partial charge in [-0.25, -0.2) is 9.78 Å². The lowest BCUT2D eigenvalue weighted by Crippen LogP contribution is -2.22. The number of anilines is 1. The summed E-state index contributed by atoms with van der Waals surface area (Å²) in [6.45, 7) is 5.24. The van der Waals surface area contributed by atoms with Gasteiger partial charge in [-0.1, -0.05) is 13.8 Å². The molecule has 1 aromatic rings. The monoisotopic (exact) mass is 222 g/mol. The van der Waals surface area contributed by atoms with Crippen molar-refractivity contribution in [2.45, 2.75) is 13.8 Å². The number of ether oxygens (including phenoxy) is 1. The van der Waals surface area contributed by atoms with Crippen molar-refractivity contribution in [3.63, 3.8) is 0 Å². The highest BCUT2D eigenvalue weighted by Gasteiger charge is 2.10. The number of carbonyl (C=O) groups is 1. The van der Waals surface area contributed by atoms with Crippen LogP contribution in [0.15, 0.2) is 18.3 Å². The molecule has 16 heavy (non-hydrogen) atoms. The minimum Gasteiger partial charge on any atom is -0.464 e. The van der Waals surface area contributed by atoms with Gasteiger partial charge in [-0.05, 0) is 18.1 Å². The minimum absolute atomic E-state index is 0.343. The Hall–Kier alpha value is -1.58. The molecule has 0 aromatic carbocycles. The molecule has 0 unspecified atom stereocenters. The summed E-state index contributed by atoms with van der Waals surface area (Å²) in [6.07, 6.45) is 1.62. The molecule has 0 saturated heterocycles. The lowest BCUT2D eigenvalue weighted by Gasteiger charge is -2.21. The van der Waals surface area contributed by atoms with E-state index in [1.165, 1.54) is 7.11 Å². The van der Waals surface area contributed by atoms with Crippen LogP contribution in [0.3, 0.4) is 0 Å². The van der Waals surface area contributed by atoms with E-state index in [0.29, 0.717) is 11.6 Å². The van der Waals surface area contributed by atoms with Gasteiger partial charge in [0.25, 0.3) is 0 Å². The number of hydrogen-bond donors (Lipinski definition) is 0. The Balaban J connectivity index is 2.85. The van der Waals surface area contributed by atoms with Gasteiger partial charge in [0, 0.05) is 25.5 Å². The van der Waals surface area contributed by atoms with Crippen LogP contribution >= 0.6 is 0 Å². The molecule has 0 aliphatic carbocycles. The van der Waals surface area contributed by atoms with E-state index >= 15 is 0 Å². The molecule has 88 valence electrons. The molecule has 0 saturated carbocycles. The third kappa shape index (κ3) is 3.22. The summed E-state index contributed by atoms with van der Waals surface area (Å²) in [6, 6.07) is 3.63. The largest absolute Gasteiger partial charge is 0.464 e. The molecule has 0 aliphatic heterocycles. The van der Waals surface area contributed by atoms with Crippen molar-refractivity contribution in [1.82, 2.24) is 4.98 Å². The smallest absolute Gasteiger partial charge is 0.356 e. The zero-order valence-electron chi connectivity index (χ0n) is 10.2. The van der Waals surface area contributed by atoms with Crippen LogP contribution in [0.4, 0.5) is 5.69 Å². The van der Waals surface area contributed by atoms with Crippen LogP contribution in [-0.2, 0) is 4.74 Å². The molecule has 0 bridgehead atoms. The minimum atomic E-state index is -0.403. The van der Waals surface area contributed by atoms with E-state index in [-0.39, 0.29) is 0 Å². The van der Waals surface area contributed by atoms with Crippen LogP contribution < -0.4 is 4.90 Å². The second-order valence-electron chi connectivity index (χ2n) is 4.17. The molecule has 0 fully saturated rings. The van der Waals surface area contributed by atoms with Crippen LogP contribution in [-0.4, -0.2) is 31.7 Å². The highest BCUT2D eigenvalue weighted by atomic mass is 16.5. The van der Waals surface area contributed by atoms with Crippen LogP contribution in [0.2, 0.25) is 0 Å². The number of hydrogen-bond acceptors (Lipinski definition) is 4. The van der Waals surface area contributed by atoms with E-state index in [4.69, 9.17) is 0 Å². The van der Waals surface area contributed by atoms with Gasteiger partial charge < -0.3 is 9.64 Å². The molecule has 0 spiro atoms. The quantitative estimate of drug-likeness (QED) is 0.730. The summed E-state index contributed by atoms with van der Waals surface area (Å²) >= 11 is 0. The van der Waals surface area contributed by atoms with Gasteiger partial charge in [-0.3, -0.25) is 0 Å². The van der Waals surface area contributed by atoms with Gasteiger partial charge in [0.2, 0.25) is 0 Å². The number of esters is 1. The SMILES string of the molecule is COC(=O)c1cc(N(C)CC(C)C)ccn1. The molecule has 1 aromatic heterocycles. The van der Waals surface area contributed by atoms with Gasteiger partial charge >= 0.3 is 5.97 Å². The maximum atomic E-state index is 11.3. The Kier molecular flexibility index (Phi) is 4.28. The van der Waals surface area contributed by atoms with E-state index in [1.54, 1.807) is 12.3 Å². The Morgan fingerprint density at radius 1 is 1.56 bits per heavy atom. The Morgan fingerprint density at radius 2 is 2.25 bits per heavy atom. The highest BCUT2D eigenvalue weighted by molar-refractivity contribution is 5.88. The average Bonchev–Trinajstić information content (AvgIpc) is 2.27. The summed E-state index contributed by atoms with van der Waals surface area (Å²) in [5.74, 6) is 0.166. The molecule has 0 radical (unpaired) electrons. The zero-order valence-corrected chi connectivity index (χ0v) is 10.2. The van der Waals surface area contributed by atoms with Crippen molar-refractivity contribution in [3.8, 4) is 0 Å². The van der Waals surface area contributed by atoms with E-state index in [2.05, 4.69) is 28.5 Å². The molecule has 0 N–H and O–H groups in total. The number of rotatable bonds is 4. The van der Waals surface area contributed by atoms with Crippen molar-refractivity contribution in [3.05, 3.63) is 24.0 Å². The van der Waals surface area contributed by atoms with Crippen LogP contribution in [0.25, 0.3) is 0 Å². The Labute approximate surface area is 96.2 Å². The molecule has 4 nitrogen and oxygen atoms in total. The van der Waals surface area contributed by atoms with Gasteiger partial charge in [0.05, 0.1) is 7.11 Å².